The molecule has 4 amide bonds. The van der Waals surface area contributed by atoms with E-state index in [0.29, 0.717) is 61.7 Å². The summed E-state index contributed by atoms with van der Waals surface area (Å²) in [5, 5.41) is 12.4. The molecule has 3 fully saturated rings. The molecule has 0 spiro atoms. The van der Waals surface area contributed by atoms with Crippen LogP contribution in [0.3, 0.4) is 0 Å². The number of allylic oxidation sites excluding steroid dienone is 2. The Morgan fingerprint density at radius 3 is 2.35 bits per heavy atom. The van der Waals surface area contributed by atoms with Crippen molar-refractivity contribution in [3.63, 3.8) is 0 Å². The highest BCUT2D eigenvalue weighted by Crippen LogP contribution is 2.65. The molecular weight excluding hydrogens is 862 g/mol. The van der Waals surface area contributed by atoms with Gasteiger partial charge in [-0.15, -0.1) is 0 Å². The van der Waals surface area contributed by atoms with Gasteiger partial charge in [0.25, 0.3) is 11.8 Å². The molecule has 4 aromatic carbocycles. The second-order valence-electron chi connectivity index (χ2n) is 15.9. The zero-order valence-electron chi connectivity index (χ0n) is 32.8. The van der Waals surface area contributed by atoms with Crippen molar-refractivity contribution < 1.29 is 46.6 Å². The highest BCUT2D eigenvalue weighted by Gasteiger charge is 2.71. The van der Waals surface area contributed by atoms with E-state index >= 15 is 9.59 Å². The molecule has 6 atom stereocenters. The van der Waals surface area contributed by atoms with Crippen molar-refractivity contribution in [2.24, 2.45) is 23.7 Å². The number of hydrogen-bond donors (Lipinski definition) is 2. The molecule has 2 saturated heterocycles. The van der Waals surface area contributed by atoms with Gasteiger partial charge in [0.15, 0.2) is 22.9 Å². The smallest absolute Gasteiger partial charge is 0.417 e. The van der Waals surface area contributed by atoms with Gasteiger partial charge in [-0.05, 0) is 85.0 Å². The Kier molecular flexibility index (Phi) is 9.42. The van der Waals surface area contributed by atoms with Crippen LogP contribution < -0.4 is 15.1 Å². The number of phenolic OH excluding ortho intramolecular Hbond substituents is 1. The zero-order chi connectivity index (χ0) is 44.1. The number of carbonyl (C=O) groups excluding carboxylic acids is 4. The maximum atomic E-state index is 15.5. The van der Waals surface area contributed by atoms with Gasteiger partial charge < -0.3 is 14.3 Å². The SMILES string of the molecule is COc1cccc([C@H]2C3=CC[C@@H]4C(=O)N(c5ccc(-c6nc7ccccc7o6)cc5)C(=O)[C@@H]4[C@@H]3C[C@H]3C(=O)N(Nc4ncc(C(F)(F)F)cc4Cl)C(=O)[C@@]23c2ccc(Cl)cc2)c1O. The Morgan fingerprint density at radius 2 is 1.65 bits per heavy atom. The number of ether oxygens (including phenoxy) is 1. The van der Waals surface area contributed by atoms with Gasteiger partial charge in [0, 0.05) is 28.3 Å². The molecule has 2 aromatic heterocycles. The van der Waals surface area contributed by atoms with Gasteiger partial charge >= 0.3 is 6.18 Å². The number of rotatable bonds is 7. The van der Waals surface area contributed by atoms with E-state index in [1.165, 1.54) is 13.2 Å². The summed E-state index contributed by atoms with van der Waals surface area (Å²) < 4.78 is 52.2. The van der Waals surface area contributed by atoms with Gasteiger partial charge in [0.2, 0.25) is 17.7 Å². The minimum Gasteiger partial charge on any atom is -0.504 e. The molecule has 63 heavy (non-hydrogen) atoms. The standard InChI is InChI=1S/C46H32Cl2F3N5O7/c1-62-35-8-4-5-29(38(35)57)37-27-17-18-28-36(43(60)55(41(28)58)26-15-9-22(10-16-26)40-53-33-6-2-3-7-34(33)63-40)30(27)20-31-42(59)56(44(61)45(31,37)23-11-13-25(47)14-12-23)54-39-32(48)19-24(21-52-39)46(49,50)51/h2-17,19,21,28,30-31,36-37,57H,18,20H2,1H3,(H,52,54)/t28-,30+,31-,36-,37+,45+/m0/s1. The molecule has 12 nitrogen and oxygen atoms in total. The minimum absolute atomic E-state index is 0.0683. The number of fused-ring (bicyclic) bond motifs is 5. The molecule has 0 unspecified atom stereocenters. The van der Waals surface area contributed by atoms with E-state index in [1.54, 1.807) is 66.7 Å². The van der Waals surface area contributed by atoms with E-state index in [0.717, 1.165) is 4.90 Å². The maximum absolute atomic E-state index is 15.5. The fraction of sp³-hybridized carbons (Fsp3) is 0.217. The normalized spacial score (nSPS) is 24.3. The number of alkyl halides is 3. The van der Waals surface area contributed by atoms with Crippen LogP contribution in [0.4, 0.5) is 24.7 Å². The van der Waals surface area contributed by atoms with Crippen LogP contribution in [0, 0.1) is 23.7 Å². The molecular formula is C46H32Cl2F3N5O7. The summed E-state index contributed by atoms with van der Waals surface area (Å²) in [5.74, 6) is -7.94. The first-order valence-corrected chi connectivity index (χ1v) is 20.5. The topological polar surface area (TPSA) is 155 Å². The number of aromatic hydroxyl groups is 1. The van der Waals surface area contributed by atoms with E-state index in [-0.39, 0.29) is 29.9 Å². The fourth-order valence-electron chi connectivity index (χ4n) is 10.1. The predicted molar refractivity (Wildman–Crippen MR) is 223 cm³/mol. The third-order valence-corrected chi connectivity index (χ3v) is 13.3. The summed E-state index contributed by atoms with van der Waals surface area (Å²) in [6, 6.07) is 25.7. The van der Waals surface area contributed by atoms with Gasteiger partial charge in [0.05, 0.1) is 46.6 Å². The Hall–Kier alpha value is -6.71. The van der Waals surface area contributed by atoms with Gasteiger partial charge in [-0.25, -0.2) is 9.97 Å². The summed E-state index contributed by atoms with van der Waals surface area (Å²) in [5.41, 5.74) is 2.86. The molecule has 2 aliphatic carbocycles. The monoisotopic (exact) mass is 893 g/mol. The van der Waals surface area contributed by atoms with E-state index in [1.807, 2.05) is 24.3 Å². The molecule has 4 aliphatic rings. The van der Waals surface area contributed by atoms with Crippen molar-refractivity contribution in [3.8, 4) is 23.0 Å². The third kappa shape index (κ3) is 6.11. The van der Waals surface area contributed by atoms with Crippen molar-refractivity contribution in [2.45, 2.75) is 30.4 Å². The summed E-state index contributed by atoms with van der Waals surface area (Å²) in [6.07, 6.45) is -2.46. The summed E-state index contributed by atoms with van der Waals surface area (Å²) in [6.45, 7) is 0. The molecule has 2 aliphatic heterocycles. The minimum atomic E-state index is -4.78. The van der Waals surface area contributed by atoms with Gasteiger partial charge in [-0.1, -0.05) is 71.2 Å². The number of pyridine rings is 1. The predicted octanol–water partition coefficient (Wildman–Crippen LogP) is 9.12. The molecule has 6 aromatic rings. The second-order valence-corrected chi connectivity index (χ2v) is 16.7. The number of nitrogens with one attached hydrogen (secondary N) is 1. The number of anilines is 2. The summed E-state index contributed by atoms with van der Waals surface area (Å²) in [4.78, 5) is 69.2. The quantitative estimate of drug-likeness (QED) is 0.117. The van der Waals surface area contributed by atoms with E-state index in [9.17, 15) is 27.9 Å². The average molecular weight is 895 g/mol. The Balaban J connectivity index is 1.09. The van der Waals surface area contributed by atoms with Crippen LogP contribution in [-0.4, -0.2) is 50.8 Å². The number of carbonyl (C=O) groups is 4. The lowest BCUT2D eigenvalue weighted by Crippen LogP contribution is -2.53. The summed E-state index contributed by atoms with van der Waals surface area (Å²) >= 11 is 12.7. The van der Waals surface area contributed by atoms with Crippen LogP contribution >= 0.6 is 23.2 Å². The number of nitrogens with zero attached hydrogens (tertiary/aromatic N) is 4. The van der Waals surface area contributed by atoms with Crippen molar-refractivity contribution in [1.29, 1.82) is 0 Å². The molecule has 318 valence electrons. The molecule has 0 bridgehead atoms. The van der Waals surface area contributed by atoms with Gasteiger partial charge in [-0.2, -0.15) is 18.2 Å². The first kappa shape index (κ1) is 40.4. The van der Waals surface area contributed by atoms with Crippen LogP contribution in [-0.2, 0) is 30.8 Å². The maximum Gasteiger partial charge on any atom is 0.417 e. The van der Waals surface area contributed by atoms with E-state index in [4.69, 9.17) is 32.4 Å². The van der Waals surface area contributed by atoms with Crippen molar-refractivity contribution in [1.82, 2.24) is 15.0 Å². The van der Waals surface area contributed by atoms with Crippen molar-refractivity contribution in [3.05, 3.63) is 142 Å². The highest BCUT2D eigenvalue weighted by molar-refractivity contribution is 6.33. The number of hydrogen-bond acceptors (Lipinski definition) is 10. The van der Waals surface area contributed by atoms with Crippen LogP contribution in [0.1, 0.15) is 35.4 Å². The number of oxazole rings is 1. The molecule has 10 rings (SSSR count). The van der Waals surface area contributed by atoms with E-state index < -0.39 is 81.2 Å². The molecule has 1 saturated carbocycles. The molecule has 2 N–H and O–H groups in total. The summed E-state index contributed by atoms with van der Waals surface area (Å²) in [7, 11) is 1.36. The first-order chi connectivity index (χ1) is 30.2. The second kappa shape index (κ2) is 14.7. The number of methoxy groups -OCH3 is 1. The average Bonchev–Trinajstić information content (AvgIpc) is 3.89. The Morgan fingerprint density at radius 1 is 0.905 bits per heavy atom. The lowest BCUT2D eigenvalue weighted by Gasteiger charge is -2.50. The number of hydrazine groups is 1. The number of imide groups is 2. The van der Waals surface area contributed by atoms with Crippen LogP contribution in [0.2, 0.25) is 10.0 Å². The van der Waals surface area contributed by atoms with Crippen molar-refractivity contribution in [2.75, 3.05) is 17.4 Å². The number of amides is 4. The van der Waals surface area contributed by atoms with Gasteiger partial charge in [0.1, 0.15) is 5.52 Å². The Labute approximate surface area is 365 Å². The molecule has 0 radical (unpaired) electrons. The number of halogens is 5. The van der Waals surface area contributed by atoms with Crippen LogP contribution in [0.15, 0.2) is 119 Å². The number of benzene rings is 4. The highest BCUT2D eigenvalue weighted by atomic mass is 35.5. The number of para-hydroxylation sites is 3. The van der Waals surface area contributed by atoms with Gasteiger partial charge in [-0.3, -0.25) is 29.5 Å². The van der Waals surface area contributed by atoms with E-state index in [2.05, 4.69) is 15.4 Å². The molecule has 4 heterocycles. The van der Waals surface area contributed by atoms with Crippen molar-refractivity contribution >= 4 is 69.4 Å². The largest absolute Gasteiger partial charge is 0.504 e. The zero-order valence-corrected chi connectivity index (χ0v) is 34.3. The van der Waals surface area contributed by atoms with Crippen LogP contribution in [0.5, 0.6) is 11.5 Å². The fourth-order valence-corrected chi connectivity index (χ4v) is 10.4. The first-order valence-electron chi connectivity index (χ1n) is 19.8. The Bertz CT molecular complexity index is 2910. The third-order valence-electron chi connectivity index (χ3n) is 12.8. The molecule has 17 heteroatoms. The lowest BCUT2D eigenvalue weighted by atomic mass is 9.49. The number of aromatic nitrogens is 2. The number of phenols is 1. The van der Waals surface area contributed by atoms with Crippen LogP contribution in [0.25, 0.3) is 22.6 Å². The lowest BCUT2D eigenvalue weighted by molar-refractivity contribution is -0.139.